The second-order valence-corrected chi connectivity index (χ2v) is 6.78. The van der Waals surface area contributed by atoms with Gasteiger partial charge in [0.25, 0.3) is 5.56 Å². The van der Waals surface area contributed by atoms with Crippen LogP contribution in [0, 0.1) is 11.3 Å². The molecule has 3 rings (SSSR count). The fourth-order valence-electron chi connectivity index (χ4n) is 1.93. The minimum Gasteiger partial charge on any atom is -0.334 e. The Morgan fingerprint density at radius 3 is 2.82 bits per heavy atom. The number of thiophene rings is 1. The highest BCUT2D eigenvalue weighted by atomic mass is 35.5. The van der Waals surface area contributed by atoms with Gasteiger partial charge in [0, 0.05) is 9.90 Å². The quantitative estimate of drug-likeness (QED) is 0.446. The van der Waals surface area contributed by atoms with Crippen LogP contribution in [0.4, 0.5) is 0 Å². The van der Waals surface area contributed by atoms with Crippen LogP contribution >= 0.6 is 34.7 Å². The van der Waals surface area contributed by atoms with Crippen LogP contribution in [-0.2, 0) is 0 Å². The standard InChI is InChI=1S/C14H9ClN4OS2/c15-9-3-1-8(2-4-9)11-7-10-12(22-11)13(20)19(17)14(18-10)21-6-5-16/h1-4,7H,6,17H2. The number of hydrogen-bond donors (Lipinski definition) is 1. The van der Waals surface area contributed by atoms with E-state index in [4.69, 9.17) is 22.7 Å². The van der Waals surface area contributed by atoms with Gasteiger partial charge in [-0.2, -0.15) is 5.26 Å². The van der Waals surface area contributed by atoms with Gasteiger partial charge in [0.15, 0.2) is 5.16 Å². The molecular weight excluding hydrogens is 340 g/mol. The second-order valence-electron chi connectivity index (χ2n) is 4.35. The van der Waals surface area contributed by atoms with Gasteiger partial charge in [-0.25, -0.2) is 9.66 Å². The molecule has 8 heteroatoms. The van der Waals surface area contributed by atoms with Gasteiger partial charge in [-0.3, -0.25) is 4.79 Å². The summed E-state index contributed by atoms with van der Waals surface area (Å²) in [4.78, 5) is 17.6. The zero-order chi connectivity index (χ0) is 15.7. The summed E-state index contributed by atoms with van der Waals surface area (Å²) < 4.78 is 1.49. The highest BCUT2D eigenvalue weighted by molar-refractivity contribution is 7.99. The van der Waals surface area contributed by atoms with Crippen LogP contribution in [0.3, 0.4) is 0 Å². The van der Waals surface area contributed by atoms with E-state index >= 15 is 0 Å². The van der Waals surface area contributed by atoms with Crippen molar-refractivity contribution in [1.82, 2.24) is 9.66 Å². The van der Waals surface area contributed by atoms with E-state index in [1.165, 1.54) is 11.3 Å². The van der Waals surface area contributed by atoms with Gasteiger partial charge < -0.3 is 5.84 Å². The summed E-state index contributed by atoms with van der Waals surface area (Å²) in [7, 11) is 0. The fraction of sp³-hybridized carbons (Fsp3) is 0.0714. The Bertz CT molecular complexity index is 940. The lowest BCUT2D eigenvalue weighted by atomic mass is 10.2. The van der Waals surface area contributed by atoms with E-state index in [0.717, 1.165) is 26.9 Å². The summed E-state index contributed by atoms with van der Waals surface area (Å²) in [6.07, 6.45) is 0. The minimum atomic E-state index is -0.310. The molecule has 0 amide bonds. The average Bonchev–Trinajstić information content (AvgIpc) is 2.94. The first-order valence-electron chi connectivity index (χ1n) is 6.17. The fourth-order valence-corrected chi connectivity index (χ4v) is 3.67. The molecule has 0 aliphatic heterocycles. The lowest BCUT2D eigenvalue weighted by Gasteiger charge is -2.03. The number of nitrogens with two attached hydrogens (primary N) is 1. The predicted molar refractivity (Wildman–Crippen MR) is 90.8 cm³/mol. The minimum absolute atomic E-state index is 0.184. The average molecular weight is 349 g/mol. The molecule has 0 spiro atoms. The van der Waals surface area contributed by atoms with Crippen LogP contribution in [0.5, 0.6) is 0 Å². The molecule has 0 atom stereocenters. The number of benzene rings is 1. The number of rotatable bonds is 3. The largest absolute Gasteiger partial charge is 0.334 e. The molecular formula is C14H9ClN4OS2. The number of halogens is 1. The van der Waals surface area contributed by atoms with Gasteiger partial charge in [-0.15, -0.1) is 11.3 Å². The zero-order valence-electron chi connectivity index (χ0n) is 11.1. The van der Waals surface area contributed by atoms with E-state index in [2.05, 4.69) is 4.98 Å². The first-order valence-corrected chi connectivity index (χ1v) is 8.35. The van der Waals surface area contributed by atoms with Gasteiger partial charge in [0.1, 0.15) is 4.70 Å². The summed E-state index contributed by atoms with van der Waals surface area (Å²) in [6.45, 7) is 0. The Kier molecular flexibility index (Phi) is 4.07. The van der Waals surface area contributed by atoms with Crippen molar-refractivity contribution in [2.24, 2.45) is 0 Å². The van der Waals surface area contributed by atoms with Crippen molar-refractivity contribution in [2.45, 2.75) is 5.16 Å². The molecule has 5 nitrogen and oxygen atoms in total. The summed E-state index contributed by atoms with van der Waals surface area (Å²) in [5, 5.41) is 9.63. The van der Waals surface area contributed by atoms with Crippen LogP contribution in [0.25, 0.3) is 20.7 Å². The molecule has 0 aliphatic carbocycles. The predicted octanol–water partition coefficient (Wildman–Crippen LogP) is 3.11. The van der Waals surface area contributed by atoms with Crippen LogP contribution in [0.2, 0.25) is 5.02 Å². The summed E-state index contributed by atoms with van der Waals surface area (Å²) in [5.41, 5.74) is 1.24. The molecule has 0 saturated carbocycles. The molecule has 110 valence electrons. The van der Waals surface area contributed by atoms with Crippen LogP contribution in [0.15, 0.2) is 40.3 Å². The molecule has 3 aromatic rings. The van der Waals surface area contributed by atoms with Crippen molar-refractivity contribution >= 4 is 44.9 Å². The molecule has 0 bridgehead atoms. The molecule has 2 heterocycles. The Labute approximate surface area is 138 Å². The first-order chi connectivity index (χ1) is 10.6. The normalized spacial score (nSPS) is 10.7. The monoisotopic (exact) mass is 348 g/mol. The molecule has 0 saturated heterocycles. The molecule has 1 aromatic carbocycles. The SMILES string of the molecule is N#CCSc1nc2cc(-c3ccc(Cl)cc3)sc2c(=O)n1N. The maximum absolute atomic E-state index is 12.3. The first kappa shape index (κ1) is 14.9. The summed E-state index contributed by atoms with van der Waals surface area (Å²) in [5.74, 6) is 5.94. The molecule has 0 aliphatic rings. The molecule has 22 heavy (non-hydrogen) atoms. The van der Waals surface area contributed by atoms with Crippen LogP contribution in [-0.4, -0.2) is 15.4 Å². The third-order valence-electron chi connectivity index (χ3n) is 2.94. The van der Waals surface area contributed by atoms with Gasteiger partial charge in [-0.1, -0.05) is 35.5 Å². The zero-order valence-corrected chi connectivity index (χ0v) is 13.5. The van der Waals surface area contributed by atoms with Gasteiger partial charge in [0.05, 0.1) is 17.3 Å². The number of aromatic nitrogens is 2. The smallest absolute Gasteiger partial charge is 0.290 e. The maximum atomic E-state index is 12.3. The Morgan fingerprint density at radius 1 is 1.41 bits per heavy atom. The van der Waals surface area contributed by atoms with E-state index in [9.17, 15) is 4.79 Å². The molecule has 2 N–H and O–H groups in total. The van der Waals surface area contributed by atoms with E-state index in [1.807, 2.05) is 24.3 Å². The molecule has 0 radical (unpaired) electrons. The number of thioether (sulfide) groups is 1. The lowest BCUT2D eigenvalue weighted by molar-refractivity contribution is 0.782. The highest BCUT2D eigenvalue weighted by Gasteiger charge is 2.13. The summed E-state index contributed by atoms with van der Waals surface area (Å²) in [6, 6.07) is 11.2. The van der Waals surface area contributed by atoms with Gasteiger partial charge in [-0.05, 0) is 23.8 Å². The number of nitrogens with zero attached hydrogens (tertiary/aromatic N) is 3. The third-order valence-corrected chi connectivity index (χ3v) is 5.18. The molecule has 2 aromatic heterocycles. The van der Waals surface area contributed by atoms with Gasteiger partial charge >= 0.3 is 0 Å². The van der Waals surface area contributed by atoms with Crippen molar-refractivity contribution < 1.29 is 0 Å². The number of hydrogen-bond acceptors (Lipinski definition) is 6. The van der Waals surface area contributed by atoms with E-state index in [-0.39, 0.29) is 11.3 Å². The summed E-state index contributed by atoms with van der Waals surface area (Å²) >= 11 is 8.36. The molecule has 0 unspecified atom stereocenters. The van der Waals surface area contributed by atoms with Crippen LogP contribution < -0.4 is 11.4 Å². The Hall–Kier alpha value is -2.01. The Balaban J connectivity index is 2.13. The number of fused-ring (bicyclic) bond motifs is 1. The lowest BCUT2D eigenvalue weighted by Crippen LogP contribution is -2.29. The van der Waals surface area contributed by atoms with E-state index in [0.29, 0.717) is 20.4 Å². The maximum Gasteiger partial charge on any atom is 0.290 e. The third kappa shape index (κ3) is 2.68. The molecule has 0 fully saturated rings. The van der Waals surface area contributed by atoms with Crippen molar-refractivity contribution in [2.75, 3.05) is 11.6 Å². The van der Waals surface area contributed by atoms with Crippen molar-refractivity contribution in [1.29, 1.82) is 5.26 Å². The van der Waals surface area contributed by atoms with E-state index in [1.54, 1.807) is 12.1 Å². The van der Waals surface area contributed by atoms with Crippen molar-refractivity contribution in [3.8, 4) is 16.5 Å². The number of nitrogen functional groups attached to an aromatic ring is 1. The topological polar surface area (TPSA) is 84.7 Å². The van der Waals surface area contributed by atoms with Crippen molar-refractivity contribution in [3.05, 3.63) is 45.7 Å². The van der Waals surface area contributed by atoms with Gasteiger partial charge in [0.2, 0.25) is 0 Å². The van der Waals surface area contributed by atoms with Crippen molar-refractivity contribution in [3.63, 3.8) is 0 Å². The van der Waals surface area contributed by atoms with E-state index < -0.39 is 0 Å². The second kappa shape index (κ2) is 6.01. The number of nitriles is 1. The highest BCUT2D eigenvalue weighted by Crippen LogP contribution is 2.32. The Morgan fingerprint density at radius 2 is 2.14 bits per heavy atom. The van der Waals surface area contributed by atoms with Crippen LogP contribution in [0.1, 0.15) is 0 Å².